The molecule has 0 aliphatic carbocycles. The molecule has 0 fully saturated rings. The first-order valence-electron chi connectivity index (χ1n) is 8.46. The third-order valence-electron chi connectivity index (χ3n) is 5.09. The predicted molar refractivity (Wildman–Crippen MR) is 101 cm³/mol. The molecule has 1 atom stereocenters. The van der Waals surface area contributed by atoms with E-state index < -0.39 is 16.1 Å². The van der Waals surface area contributed by atoms with Crippen LogP contribution in [0, 0.1) is 34.6 Å². The fourth-order valence-electron chi connectivity index (χ4n) is 3.11. The molecule has 0 heterocycles. The van der Waals surface area contributed by atoms with Crippen molar-refractivity contribution >= 4 is 10.0 Å². The average Bonchev–Trinajstić information content (AvgIpc) is 2.58. The van der Waals surface area contributed by atoms with Crippen LogP contribution in [-0.2, 0) is 10.0 Å². The first-order valence-corrected chi connectivity index (χ1v) is 9.94. The Morgan fingerprint density at radius 2 is 1.36 bits per heavy atom. The molecule has 0 aliphatic rings. The van der Waals surface area contributed by atoms with E-state index in [1.54, 1.807) is 0 Å². The number of rotatable bonds is 6. The molecule has 2 rings (SSSR count). The highest BCUT2D eigenvalue weighted by molar-refractivity contribution is 7.89. The minimum atomic E-state index is -3.62. The molecule has 5 heteroatoms. The number of aliphatic hydroxyl groups excluding tert-OH is 1. The Bertz CT molecular complexity index is 829. The molecule has 2 aromatic carbocycles. The van der Waals surface area contributed by atoms with Crippen molar-refractivity contribution < 1.29 is 13.5 Å². The molecule has 0 bridgehead atoms. The number of sulfonamides is 1. The maximum atomic E-state index is 12.8. The first-order chi connectivity index (χ1) is 11.7. The molecule has 1 unspecified atom stereocenters. The van der Waals surface area contributed by atoms with Crippen LogP contribution >= 0.6 is 0 Å². The summed E-state index contributed by atoms with van der Waals surface area (Å²) in [7, 11) is -3.62. The quantitative estimate of drug-likeness (QED) is 0.826. The molecule has 0 aromatic heterocycles. The van der Waals surface area contributed by atoms with Crippen molar-refractivity contribution in [2.75, 3.05) is 6.54 Å². The zero-order chi connectivity index (χ0) is 18.8. The summed E-state index contributed by atoms with van der Waals surface area (Å²) in [5, 5.41) is 10.2. The van der Waals surface area contributed by atoms with Crippen LogP contribution < -0.4 is 4.72 Å². The van der Waals surface area contributed by atoms with Crippen molar-refractivity contribution in [3.8, 4) is 0 Å². The predicted octanol–water partition coefficient (Wildman–Crippen LogP) is 3.63. The summed E-state index contributed by atoms with van der Waals surface area (Å²) in [6.45, 7) is 9.81. The van der Waals surface area contributed by atoms with Crippen molar-refractivity contribution in [3.05, 3.63) is 63.7 Å². The van der Waals surface area contributed by atoms with Crippen LogP contribution in [0.2, 0.25) is 0 Å². The number of hydrogen-bond donors (Lipinski definition) is 2. The summed E-state index contributed by atoms with van der Waals surface area (Å²) in [6.07, 6.45) is -0.363. The van der Waals surface area contributed by atoms with E-state index in [1.807, 2.05) is 65.0 Å². The van der Waals surface area contributed by atoms with Crippen LogP contribution in [0.3, 0.4) is 0 Å². The SMILES string of the molecule is Cc1c(C)c(C)c(S(=O)(=O)NCCC(O)c2ccccc2)c(C)c1C. The van der Waals surface area contributed by atoms with Gasteiger partial charge < -0.3 is 5.11 Å². The molecule has 0 saturated heterocycles. The highest BCUT2D eigenvalue weighted by Crippen LogP contribution is 2.29. The van der Waals surface area contributed by atoms with E-state index in [4.69, 9.17) is 0 Å². The van der Waals surface area contributed by atoms with Crippen LogP contribution in [0.4, 0.5) is 0 Å². The number of nitrogens with one attached hydrogen (secondary N) is 1. The van der Waals surface area contributed by atoms with Gasteiger partial charge in [0.25, 0.3) is 0 Å². The molecule has 0 aliphatic heterocycles. The van der Waals surface area contributed by atoms with Gasteiger partial charge in [-0.3, -0.25) is 0 Å². The molecule has 0 radical (unpaired) electrons. The van der Waals surface area contributed by atoms with E-state index in [2.05, 4.69) is 4.72 Å². The van der Waals surface area contributed by atoms with Gasteiger partial charge in [-0.25, -0.2) is 13.1 Å². The zero-order valence-corrected chi connectivity index (χ0v) is 16.4. The lowest BCUT2D eigenvalue weighted by atomic mass is 9.95. The second-order valence-corrected chi connectivity index (χ2v) is 8.27. The summed E-state index contributed by atoms with van der Waals surface area (Å²) < 4.78 is 28.3. The van der Waals surface area contributed by atoms with Gasteiger partial charge in [0, 0.05) is 6.54 Å². The smallest absolute Gasteiger partial charge is 0.241 e. The molecule has 0 spiro atoms. The largest absolute Gasteiger partial charge is 0.388 e. The molecular formula is C20H27NO3S. The third kappa shape index (κ3) is 4.11. The highest BCUT2D eigenvalue weighted by Gasteiger charge is 2.23. The molecule has 2 N–H and O–H groups in total. The zero-order valence-electron chi connectivity index (χ0n) is 15.6. The second kappa shape index (κ2) is 7.68. The van der Waals surface area contributed by atoms with Gasteiger partial charge in [-0.15, -0.1) is 0 Å². The van der Waals surface area contributed by atoms with E-state index in [1.165, 1.54) is 0 Å². The summed E-state index contributed by atoms with van der Waals surface area (Å²) >= 11 is 0. The van der Waals surface area contributed by atoms with Crippen molar-refractivity contribution in [1.29, 1.82) is 0 Å². The maximum Gasteiger partial charge on any atom is 0.241 e. The topological polar surface area (TPSA) is 66.4 Å². The lowest BCUT2D eigenvalue weighted by Gasteiger charge is -2.19. The van der Waals surface area contributed by atoms with Crippen LogP contribution in [0.25, 0.3) is 0 Å². The lowest BCUT2D eigenvalue weighted by Crippen LogP contribution is -2.28. The van der Waals surface area contributed by atoms with Crippen LogP contribution in [0.15, 0.2) is 35.2 Å². The number of benzene rings is 2. The molecule has 2 aromatic rings. The summed E-state index contributed by atoms with van der Waals surface area (Å²) in [6, 6.07) is 9.26. The molecular weight excluding hydrogens is 334 g/mol. The summed E-state index contributed by atoms with van der Waals surface area (Å²) in [5.41, 5.74) is 5.51. The fraction of sp³-hybridized carbons (Fsp3) is 0.400. The first kappa shape index (κ1) is 19.6. The van der Waals surface area contributed by atoms with Crippen molar-refractivity contribution in [3.63, 3.8) is 0 Å². The Kier molecular flexibility index (Phi) is 6.03. The Morgan fingerprint density at radius 1 is 0.880 bits per heavy atom. The highest BCUT2D eigenvalue weighted by atomic mass is 32.2. The monoisotopic (exact) mass is 361 g/mol. The van der Waals surface area contributed by atoms with Gasteiger partial charge in [0.15, 0.2) is 0 Å². The van der Waals surface area contributed by atoms with Gasteiger partial charge in [0.1, 0.15) is 0 Å². The maximum absolute atomic E-state index is 12.8. The van der Waals surface area contributed by atoms with Gasteiger partial charge >= 0.3 is 0 Å². The number of aliphatic hydroxyl groups is 1. The normalized spacial score (nSPS) is 13.0. The molecule has 0 amide bonds. The Hall–Kier alpha value is -1.69. The minimum absolute atomic E-state index is 0.184. The summed E-state index contributed by atoms with van der Waals surface area (Å²) in [4.78, 5) is 0.363. The van der Waals surface area contributed by atoms with E-state index in [9.17, 15) is 13.5 Å². The van der Waals surface area contributed by atoms with Crippen molar-refractivity contribution in [2.24, 2.45) is 0 Å². The average molecular weight is 362 g/mol. The van der Waals surface area contributed by atoms with Gasteiger partial charge in [-0.05, 0) is 74.4 Å². The standard InChI is InChI=1S/C20H27NO3S/c1-13-14(2)16(4)20(17(5)15(13)3)25(23,24)21-12-11-19(22)18-9-7-6-8-10-18/h6-10,19,21-22H,11-12H2,1-5H3. The minimum Gasteiger partial charge on any atom is -0.388 e. The van der Waals surface area contributed by atoms with E-state index in [0.29, 0.717) is 11.3 Å². The van der Waals surface area contributed by atoms with E-state index in [-0.39, 0.29) is 6.54 Å². The fourth-order valence-corrected chi connectivity index (χ4v) is 4.76. The van der Waals surface area contributed by atoms with E-state index >= 15 is 0 Å². The molecule has 4 nitrogen and oxygen atoms in total. The van der Waals surface area contributed by atoms with Gasteiger partial charge in [0.2, 0.25) is 10.0 Å². The van der Waals surface area contributed by atoms with Gasteiger partial charge in [-0.2, -0.15) is 0 Å². The molecule has 136 valence electrons. The lowest BCUT2D eigenvalue weighted by molar-refractivity contribution is 0.169. The van der Waals surface area contributed by atoms with Gasteiger partial charge in [0.05, 0.1) is 11.0 Å². The molecule has 0 saturated carbocycles. The number of hydrogen-bond acceptors (Lipinski definition) is 3. The van der Waals surface area contributed by atoms with Crippen LogP contribution in [-0.4, -0.2) is 20.1 Å². The van der Waals surface area contributed by atoms with E-state index in [0.717, 1.165) is 33.4 Å². The van der Waals surface area contributed by atoms with Gasteiger partial charge in [-0.1, -0.05) is 30.3 Å². The Labute approximate surface area is 151 Å². The second-order valence-electron chi connectivity index (χ2n) is 6.57. The Balaban J connectivity index is 2.18. The van der Waals surface area contributed by atoms with Crippen LogP contribution in [0.1, 0.15) is 45.9 Å². The van der Waals surface area contributed by atoms with Crippen LogP contribution in [0.5, 0.6) is 0 Å². The third-order valence-corrected chi connectivity index (χ3v) is 6.83. The Morgan fingerprint density at radius 3 is 1.88 bits per heavy atom. The van der Waals surface area contributed by atoms with Crippen molar-refractivity contribution in [1.82, 2.24) is 4.72 Å². The molecule has 25 heavy (non-hydrogen) atoms. The van der Waals surface area contributed by atoms with Crippen molar-refractivity contribution in [2.45, 2.75) is 52.0 Å². The summed E-state index contributed by atoms with van der Waals surface area (Å²) in [5.74, 6) is 0.